The number of para-hydroxylation sites is 1. The summed E-state index contributed by atoms with van der Waals surface area (Å²) in [6.45, 7) is -0.0869. The van der Waals surface area contributed by atoms with Crippen molar-refractivity contribution in [2.24, 2.45) is 0 Å². The fraction of sp³-hybridized carbons (Fsp3) is 0.417. The molecule has 1 aromatic carbocycles. The van der Waals surface area contributed by atoms with E-state index in [0.717, 1.165) is 0 Å². The number of hydrogen-bond acceptors (Lipinski definition) is 2. The molecule has 2 N–H and O–H groups in total. The zero-order chi connectivity index (χ0) is 14.3. The first-order chi connectivity index (χ1) is 8.88. The van der Waals surface area contributed by atoms with Gasteiger partial charge in [-0.1, -0.05) is 12.1 Å². The molecule has 0 radical (unpaired) electrons. The second-order valence-electron chi connectivity index (χ2n) is 3.92. The van der Waals surface area contributed by atoms with Crippen molar-refractivity contribution in [3.63, 3.8) is 0 Å². The van der Waals surface area contributed by atoms with Crippen LogP contribution >= 0.6 is 0 Å². The van der Waals surface area contributed by atoms with Crippen LogP contribution in [-0.2, 0) is 4.79 Å². The lowest BCUT2D eigenvalue weighted by molar-refractivity contribution is -0.135. The van der Waals surface area contributed by atoms with Crippen LogP contribution in [-0.4, -0.2) is 25.2 Å². The van der Waals surface area contributed by atoms with Gasteiger partial charge in [0.15, 0.2) is 0 Å². The van der Waals surface area contributed by atoms with Crippen LogP contribution in [0.2, 0.25) is 0 Å². The molecule has 0 unspecified atom stereocenters. The second-order valence-corrected chi connectivity index (χ2v) is 3.92. The van der Waals surface area contributed by atoms with Crippen LogP contribution in [0, 0.1) is 5.82 Å². The van der Waals surface area contributed by atoms with E-state index in [1.165, 1.54) is 18.2 Å². The predicted octanol–water partition coefficient (Wildman–Crippen LogP) is 2.70. The van der Waals surface area contributed by atoms with Gasteiger partial charge in [0.05, 0.1) is 12.2 Å². The molecule has 1 rings (SSSR count). The van der Waals surface area contributed by atoms with Gasteiger partial charge in [-0.15, -0.1) is 0 Å². The van der Waals surface area contributed by atoms with Gasteiger partial charge in [0.25, 0.3) is 0 Å². The molecule has 0 aliphatic heterocycles. The largest absolute Gasteiger partial charge is 0.389 e. The standard InChI is InChI=1S/C12H14F4N2O/c13-9-4-1-2-5-10(9)18-11(19)8-17-7-3-6-12(14,15)16/h1-2,4-5,17H,3,6-8H2,(H,18,19). The number of alkyl halides is 3. The van der Waals surface area contributed by atoms with Crippen molar-refractivity contribution in [3.8, 4) is 0 Å². The van der Waals surface area contributed by atoms with Gasteiger partial charge in [-0.3, -0.25) is 4.79 Å². The highest BCUT2D eigenvalue weighted by Crippen LogP contribution is 2.20. The van der Waals surface area contributed by atoms with E-state index >= 15 is 0 Å². The molecule has 0 aliphatic carbocycles. The number of rotatable bonds is 6. The minimum Gasteiger partial charge on any atom is -0.322 e. The number of carbonyl (C=O) groups excluding carboxylic acids is 1. The van der Waals surface area contributed by atoms with Gasteiger partial charge < -0.3 is 10.6 Å². The monoisotopic (exact) mass is 278 g/mol. The summed E-state index contributed by atoms with van der Waals surface area (Å²) in [6.07, 6.45) is -5.18. The number of carbonyl (C=O) groups is 1. The maximum atomic E-state index is 13.2. The molecule has 0 aromatic heterocycles. The molecule has 0 atom stereocenters. The Morgan fingerprint density at radius 1 is 1.21 bits per heavy atom. The average Bonchev–Trinajstić information content (AvgIpc) is 2.30. The summed E-state index contributed by atoms with van der Waals surface area (Å²) in [5, 5.41) is 4.88. The van der Waals surface area contributed by atoms with Gasteiger partial charge in [-0.05, 0) is 25.1 Å². The van der Waals surface area contributed by atoms with Crippen LogP contribution in [0.3, 0.4) is 0 Å². The summed E-state index contributed by atoms with van der Waals surface area (Å²) in [5.74, 6) is -1.06. The minimum atomic E-state index is -4.18. The van der Waals surface area contributed by atoms with Gasteiger partial charge in [-0.2, -0.15) is 13.2 Å². The van der Waals surface area contributed by atoms with Crippen molar-refractivity contribution < 1.29 is 22.4 Å². The fourth-order valence-corrected chi connectivity index (χ4v) is 1.37. The lowest BCUT2D eigenvalue weighted by Gasteiger charge is -2.08. The van der Waals surface area contributed by atoms with E-state index in [2.05, 4.69) is 10.6 Å². The number of anilines is 1. The molecule has 7 heteroatoms. The van der Waals surface area contributed by atoms with Crippen LogP contribution in [0.5, 0.6) is 0 Å². The molecule has 0 aliphatic rings. The summed E-state index contributed by atoms with van der Waals surface area (Å²) in [6, 6.07) is 5.65. The van der Waals surface area contributed by atoms with E-state index in [9.17, 15) is 22.4 Å². The summed E-state index contributed by atoms with van der Waals surface area (Å²) in [4.78, 5) is 11.4. The first-order valence-electron chi connectivity index (χ1n) is 5.70. The fourth-order valence-electron chi connectivity index (χ4n) is 1.37. The Morgan fingerprint density at radius 2 is 1.89 bits per heavy atom. The zero-order valence-electron chi connectivity index (χ0n) is 10.1. The molecule has 3 nitrogen and oxygen atoms in total. The Kier molecular flexibility index (Phi) is 5.75. The molecule has 0 heterocycles. The topological polar surface area (TPSA) is 41.1 Å². The van der Waals surface area contributed by atoms with Crippen molar-refractivity contribution in [1.29, 1.82) is 0 Å². The van der Waals surface area contributed by atoms with Crippen LogP contribution in [0.4, 0.5) is 23.2 Å². The van der Waals surface area contributed by atoms with Crippen molar-refractivity contribution in [2.45, 2.75) is 19.0 Å². The first kappa shape index (κ1) is 15.4. The average molecular weight is 278 g/mol. The van der Waals surface area contributed by atoms with Gasteiger partial charge in [-0.25, -0.2) is 4.39 Å². The van der Waals surface area contributed by atoms with E-state index in [-0.39, 0.29) is 25.2 Å². The smallest absolute Gasteiger partial charge is 0.322 e. The van der Waals surface area contributed by atoms with Crippen LogP contribution in [0.25, 0.3) is 0 Å². The van der Waals surface area contributed by atoms with Crippen molar-refractivity contribution in [3.05, 3.63) is 30.1 Å². The molecule has 0 saturated carbocycles. The maximum absolute atomic E-state index is 13.2. The molecule has 0 fully saturated rings. The van der Waals surface area contributed by atoms with Gasteiger partial charge in [0.2, 0.25) is 5.91 Å². The summed E-state index contributed by atoms with van der Waals surface area (Å²) in [5.41, 5.74) is 0.0459. The van der Waals surface area contributed by atoms with Crippen LogP contribution in [0.1, 0.15) is 12.8 Å². The highest BCUT2D eigenvalue weighted by Gasteiger charge is 2.25. The molecular formula is C12H14F4N2O. The Balaban J connectivity index is 2.20. The minimum absolute atomic E-state index is 0.0459. The first-order valence-corrected chi connectivity index (χ1v) is 5.70. The number of halogens is 4. The Morgan fingerprint density at radius 3 is 2.53 bits per heavy atom. The van der Waals surface area contributed by atoms with Crippen molar-refractivity contribution in [1.82, 2.24) is 5.32 Å². The number of hydrogen-bond donors (Lipinski definition) is 2. The van der Waals surface area contributed by atoms with Crippen LogP contribution < -0.4 is 10.6 Å². The third-order valence-corrected chi connectivity index (χ3v) is 2.25. The van der Waals surface area contributed by atoms with E-state index in [4.69, 9.17) is 0 Å². The van der Waals surface area contributed by atoms with Gasteiger partial charge in [0, 0.05) is 6.42 Å². The van der Waals surface area contributed by atoms with Gasteiger partial charge >= 0.3 is 6.18 Å². The predicted molar refractivity (Wildman–Crippen MR) is 63.2 cm³/mol. The highest BCUT2D eigenvalue weighted by atomic mass is 19.4. The van der Waals surface area contributed by atoms with E-state index in [0.29, 0.717) is 0 Å². The Hall–Kier alpha value is -1.63. The van der Waals surface area contributed by atoms with E-state index in [1.807, 2.05) is 0 Å². The van der Waals surface area contributed by atoms with E-state index in [1.54, 1.807) is 6.07 Å². The molecule has 0 bridgehead atoms. The third-order valence-electron chi connectivity index (χ3n) is 2.25. The second kappa shape index (κ2) is 7.08. The zero-order valence-corrected chi connectivity index (χ0v) is 10.1. The number of nitrogens with one attached hydrogen (secondary N) is 2. The number of amides is 1. The summed E-state index contributed by atoms with van der Waals surface area (Å²) in [7, 11) is 0. The van der Waals surface area contributed by atoms with Crippen LogP contribution in [0.15, 0.2) is 24.3 Å². The quantitative estimate of drug-likeness (QED) is 0.620. The molecule has 0 saturated heterocycles. The summed E-state index contributed by atoms with van der Waals surface area (Å²) < 4.78 is 48.6. The SMILES string of the molecule is O=C(CNCCCC(F)(F)F)Nc1ccccc1F. The normalized spacial score (nSPS) is 11.4. The molecule has 1 amide bonds. The Bertz CT molecular complexity index is 420. The summed E-state index contributed by atoms with van der Waals surface area (Å²) >= 11 is 0. The molecule has 106 valence electrons. The lowest BCUT2D eigenvalue weighted by Crippen LogP contribution is -2.29. The highest BCUT2D eigenvalue weighted by molar-refractivity contribution is 5.92. The molecule has 19 heavy (non-hydrogen) atoms. The number of benzene rings is 1. The van der Waals surface area contributed by atoms with Gasteiger partial charge in [0.1, 0.15) is 5.82 Å². The third kappa shape index (κ3) is 6.76. The molecule has 0 spiro atoms. The lowest BCUT2D eigenvalue weighted by atomic mass is 10.3. The molecular weight excluding hydrogens is 264 g/mol. The van der Waals surface area contributed by atoms with E-state index < -0.39 is 24.3 Å². The van der Waals surface area contributed by atoms with Crippen molar-refractivity contribution >= 4 is 11.6 Å². The van der Waals surface area contributed by atoms with Crippen molar-refractivity contribution in [2.75, 3.05) is 18.4 Å². The maximum Gasteiger partial charge on any atom is 0.389 e. The Labute approximate surface area is 108 Å². The molecule has 1 aromatic rings.